The van der Waals surface area contributed by atoms with Gasteiger partial charge in [-0.3, -0.25) is 9.59 Å². The van der Waals surface area contributed by atoms with Crippen molar-refractivity contribution in [3.8, 4) is 0 Å². The maximum Gasteiger partial charge on any atom is 0.416 e. The van der Waals surface area contributed by atoms with Gasteiger partial charge in [0, 0.05) is 0 Å². The van der Waals surface area contributed by atoms with Gasteiger partial charge in [0.05, 0.1) is 29.1 Å². The zero-order chi connectivity index (χ0) is 21.0. The summed E-state index contributed by atoms with van der Waals surface area (Å²) in [5, 5.41) is 13.8. The van der Waals surface area contributed by atoms with Crippen molar-refractivity contribution in [2.45, 2.75) is 18.6 Å². The molecule has 0 bridgehead atoms. The van der Waals surface area contributed by atoms with Crippen molar-refractivity contribution >= 4 is 28.9 Å². The summed E-state index contributed by atoms with van der Waals surface area (Å²) in [5.74, 6) is -1.57. The average Bonchev–Trinajstić information content (AvgIpc) is 3.07. The zero-order valence-electron chi connectivity index (χ0n) is 15.0. The predicted molar refractivity (Wildman–Crippen MR) is 99.2 cm³/mol. The number of halogens is 3. The number of aromatic amines is 1. The summed E-state index contributed by atoms with van der Waals surface area (Å²) in [6, 6.07) is 10.9. The summed E-state index contributed by atoms with van der Waals surface area (Å²) in [6.07, 6.45) is -4.82. The lowest BCUT2D eigenvalue weighted by Gasteiger charge is -2.19. The molecular weight excluding hydrogens is 389 g/mol. The van der Waals surface area contributed by atoms with Crippen molar-refractivity contribution in [3.05, 3.63) is 59.7 Å². The lowest BCUT2D eigenvalue weighted by Crippen LogP contribution is -2.31. The van der Waals surface area contributed by atoms with Gasteiger partial charge in [0.1, 0.15) is 6.54 Å². The number of para-hydroxylation sites is 2. The van der Waals surface area contributed by atoms with Crippen LogP contribution in [0.4, 0.5) is 19.1 Å². The molecule has 1 unspecified atom stereocenters. The minimum absolute atomic E-state index is 0.214. The highest BCUT2D eigenvalue weighted by atomic mass is 19.4. The fourth-order valence-corrected chi connectivity index (χ4v) is 2.80. The normalized spacial score (nSPS) is 12.5. The average molecular weight is 406 g/mol. The molecule has 7 nitrogen and oxygen atoms in total. The summed E-state index contributed by atoms with van der Waals surface area (Å²) in [7, 11) is 0. The lowest BCUT2D eigenvalue weighted by molar-refractivity contribution is -0.138. The molecule has 1 aromatic heterocycles. The van der Waals surface area contributed by atoms with Crippen LogP contribution in [0, 0.1) is 0 Å². The van der Waals surface area contributed by atoms with Crippen molar-refractivity contribution in [3.63, 3.8) is 0 Å². The van der Waals surface area contributed by atoms with Gasteiger partial charge in [-0.25, -0.2) is 4.98 Å². The van der Waals surface area contributed by atoms with Crippen LogP contribution in [0.15, 0.2) is 48.5 Å². The number of rotatable bonds is 7. The van der Waals surface area contributed by atoms with Gasteiger partial charge in [-0.2, -0.15) is 13.2 Å². The van der Waals surface area contributed by atoms with E-state index in [1.807, 2.05) is 0 Å². The molecule has 1 atom stereocenters. The lowest BCUT2D eigenvalue weighted by atomic mass is 10.0. The van der Waals surface area contributed by atoms with E-state index in [1.54, 1.807) is 24.3 Å². The van der Waals surface area contributed by atoms with E-state index in [0.717, 1.165) is 12.1 Å². The van der Waals surface area contributed by atoms with Gasteiger partial charge in [-0.1, -0.05) is 24.3 Å². The second kappa shape index (κ2) is 8.21. The number of nitrogens with one attached hydrogen (secondary N) is 3. The van der Waals surface area contributed by atoms with Crippen LogP contribution in [0.25, 0.3) is 11.0 Å². The van der Waals surface area contributed by atoms with Gasteiger partial charge >= 0.3 is 12.1 Å². The van der Waals surface area contributed by atoms with Crippen LogP contribution in [0.1, 0.15) is 23.6 Å². The first kappa shape index (κ1) is 20.2. The number of hydrogen-bond acceptors (Lipinski definition) is 4. The highest BCUT2D eigenvalue weighted by molar-refractivity contribution is 5.82. The number of benzene rings is 2. The molecule has 4 N–H and O–H groups in total. The molecule has 0 radical (unpaired) electrons. The number of aliphatic carboxylic acids is 1. The van der Waals surface area contributed by atoms with Gasteiger partial charge in [0.2, 0.25) is 11.9 Å². The number of carbonyl (C=O) groups excluding carboxylic acids is 1. The number of fused-ring (bicyclic) bond motifs is 1. The van der Waals surface area contributed by atoms with Crippen molar-refractivity contribution < 1.29 is 27.9 Å². The van der Waals surface area contributed by atoms with E-state index in [4.69, 9.17) is 5.11 Å². The SMILES string of the molecule is O=C(O)CNC(=O)CC(Nc1nc2ccccc2[nH]1)c1cccc(C(F)(F)F)c1. The van der Waals surface area contributed by atoms with E-state index in [1.165, 1.54) is 12.1 Å². The van der Waals surface area contributed by atoms with E-state index < -0.39 is 36.2 Å². The van der Waals surface area contributed by atoms with Crippen LogP contribution in [0.5, 0.6) is 0 Å². The third-order valence-corrected chi connectivity index (χ3v) is 4.14. The fourth-order valence-electron chi connectivity index (χ4n) is 2.80. The molecule has 10 heteroatoms. The monoisotopic (exact) mass is 406 g/mol. The third-order valence-electron chi connectivity index (χ3n) is 4.14. The number of imidazole rings is 1. The molecular formula is C19H17F3N4O3. The van der Waals surface area contributed by atoms with Gasteiger partial charge in [0.25, 0.3) is 0 Å². The molecule has 0 aliphatic heterocycles. The largest absolute Gasteiger partial charge is 0.480 e. The van der Waals surface area contributed by atoms with E-state index in [-0.39, 0.29) is 17.9 Å². The number of anilines is 1. The molecule has 1 amide bonds. The molecule has 0 saturated carbocycles. The number of carboxylic acids is 1. The molecule has 3 rings (SSSR count). The molecule has 0 aliphatic rings. The third kappa shape index (κ3) is 5.24. The number of carboxylic acid groups (broad SMARTS) is 1. The first-order valence-electron chi connectivity index (χ1n) is 8.59. The van der Waals surface area contributed by atoms with E-state index in [2.05, 4.69) is 20.6 Å². The maximum atomic E-state index is 13.1. The number of hydrogen-bond donors (Lipinski definition) is 4. The molecule has 1 heterocycles. The topological polar surface area (TPSA) is 107 Å². The number of alkyl halides is 3. The quantitative estimate of drug-likeness (QED) is 0.482. The standard InChI is InChI=1S/C19H17F3N4O3/c20-19(21,22)12-5-3-4-11(8-12)15(9-16(27)23-10-17(28)29)26-18-24-13-6-1-2-7-14(13)25-18/h1-8,15H,9-10H2,(H,23,27)(H,28,29)(H2,24,25,26). The number of nitrogens with zero attached hydrogens (tertiary/aromatic N) is 1. The highest BCUT2D eigenvalue weighted by Crippen LogP contribution is 2.32. The van der Waals surface area contributed by atoms with Gasteiger partial charge in [0.15, 0.2) is 0 Å². The minimum atomic E-state index is -4.54. The van der Waals surface area contributed by atoms with Crippen molar-refractivity contribution in [1.82, 2.24) is 15.3 Å². The summed E-state index contributed by atoms with van der Waals surface area (Å²) >= 11 is 0. The molecule has 29 heavy (non-hydrogen) atoms. The van der Waals surface area contributed by atoms with Crippen molar-refractivity contribution in [2.24, 2.45) is 0 Å². The Morgan fingerprint density at radius 2 is 1.90 bits per heavy atom. The highest BCUT2D eigenvalue weighted by Gasteiger charge is 2.31. The second-order valence-electron chi connectivity index (χ2n) is 6.30. The Hall–Kier alpha value is -3.56. The van der Waals surface area contributed by atoms with Crippen LogP contribution in [0.2, 0.25) is 0 Å². The smallest absolute Gasteiger partial charge is 0.416 e. The Bertz CT molecular complexity index is 1000. The Labute approximate surface area is 163 Å². The van der Waals surface area contributed by atoms with Gasteiger partial charge in [-0.05, 0) is 29.8 Å². The number of aromatic nitrogens is 2. The summed E-state index contributed by atoms with van der Waals surface area (Å²) in [6.45, 7) is -0.585. The maximum absolute atomic E-state index is 13.1. The Morgan fingerprint density at radius 3 is 2.59 bits per heavy atom. The first-order chi connectivity index (χ1) is 13.7. The molecule has 0 aliphatic carbocycles. The fraction of sp³-hybridized carbons (Fsp3) is 0.211. The Balaban J connectivity index is 1.88. The van der Waals surface area contributed by atoms with Crippen LogP contribution in [-0.4, -0.2) is 33.5 Å². The number of amides is 1. The van der Waals surface area contributed by atoms with E-state index >= 15 is 0 Å². The van der Waals surface area contributed by atoms with Gasteiger partial charge < -0.3 is 20.7 Å². The van der Waals surface area contributed by atoms with Crippen molar-refractivity contribution in [1.29, 1.82) is 0 Å². The molecule has 0 fully saturated rings. The second-order valence-corrected chi connectivity index (χ2v) is 6.30. The Morgan fingerprint density at radius 1 is 1.14 bits per heavy atom. The molecule has 152 valence electrons. The molecule has 2 aromatic carbocycles. The minimum Gasteiger partial charge on any atom is -0.480 e. The molecule has 3 aromatic rings. The van der Waals surface area contributed by atoms with E-state index in [0.29, 0.717) is 11.0 Å². The predicted octanol–water partition coefficient (Wildman–Crippen LogP) is 3.33. The van der Waals surface area contributed by atoms with Crippen LogP contribution < -0.4 is 10.6 Å². The molecule has 0 spiro atoms. The summed E-state index contributed by atoms with van der Waals surface area (Å²) < 4.78 is 39.3. The van der Waals surface area contributed by atoms with Gasteiger partial charge in [-0.15, -0.1) is 0 Å². The zero-order valence-corrected chi connectivity index (χ0v) is 15.0. The van der Waals surface area contributed by atoms with Crippen LogP contribution >= 0.6 is 0 Å². The van der Waals surface area contributed by atoms with Crippen LogP contribution in [-0.2, 0) is 15.8 Å². The number of H-pyrrole nitrogens is 1. The number of carbonyl (C=O) groups is 2. The van der Waals surface area contributed by atoms with Crippen molar-refractivity contribution in [2.75, 3.05) is 11.9 Å². The van der Waals surface area contributed by atoms with E-state index in [9.17, 15) is 22.8 Å². The van der Waals surface area contributed by atoms with Crippen LogP contribution in [0.3, 0.4) is 0 Å². The molecule has 0 saturated heterocycles. The first-order valence-corrected chi connectivity index (χ1v) is 8.59. The summed E-state index contributed by atoms with van der Waals surface area (Å²) in [4.78, 5) is 30.1. The Kier molecular flexibility index (Phi) is 5.71. The summed E-state index contributed by atoms with van der Waals surface area (Å²) in [5.41, 5.74) is 0.726.